The van der Waals surface area contributed by atoms with Crippen LogP contribution in [-0.2, 0) is 6.42 Å². The lowest BCUT2D eigenvalue weighted by Gasteiger charge is -2.21. The van der Waals surface area contributed by atoms with Crippen LogP contribution in [0.15, 0.2) is 51.7 Å². The average Bonchev–Trinajstić information content (AvgIpc) is 3.37. The summed E-state index contributed by atoms with van der Waals surface area (Å²) in [5, 5.41) is 20.9. The topological polar surface area (TPSA) is 119 Å². The summed E-state index contributed by atoms with van der Waals surface area (Å²) in [5.74, 6) is -0.627. The Morgan fingerprint density at radius 1 is 1.19 bits per heavy atom. The molecule has 0 N–H and O–H groups in total. The Hall–Kier alpha value is -3.63. The van der Waals surface area contributed by atoms with Crippen LogP contribution in [0.1, 0.15) is 39.7 Å². The minimum absolute atomic E-state index is 0.0959. The molecule has 2 aromatic carbocycles. The van der Waals surface area contributed by atoms with E-state index in [1.807, 2.05) is 6.92 Å². The maximum Gasteiger partial charge on any atom is 0.297 e. The Morgan fingerprint density at radius 3 is 2.59 bits per heavy atom. The van der Waals surface area contributed by atoms with Crippen molar-refractivity contribution in [1.29, 1.82) is 0 Å². The van der Waals surface area contributed by atoms with Gasteiger partial charge in [-0.1, -0.05) is 29.9 Å². The summed E-state index contributed by atoms with van der Waals surface area (Å²) in [5.41, 5.74) is 0.369. The maximum atomic E-state index is 13.5. The molecule has 5 rings (SSSR count). The predicted octanol–water partition coefficient (Wildman–Crippen LogP) is 4.52. The lowest BCUT2D eigenvalue weighted by Crippen LogP contribution is -2.29. The standard InChI is InChI=1S/C21H13ClN4O5S/c1-2-15-23-24-21(32-15)25-17(10-3-6-12(7-4-10)26(29)30)16-18(27)13-9-11(22)5-8-14(13)31-19(16)20(25)28/h3-9,17H,2H2,1H3/t17-/m0/s1. The number of amides is 1. The predicted molar refractivity (Wildman–Crippen MR) is 119 cm³/mol. The minimum Gasteiger partial charge on any atom is -0.450 e. The number of aryl methyl sites for hydroxylation is 1. The van der Waals surface area contributed by atoms with Gasteiger partial charge in [-0.25, -0.2) is 0 Å². The van der Waals surface area contributed by atoms with E-state index in [1.54, 1.807) is 6.07 Å². The van der Waals surface area contributed by atoms with E-state index < -0.39 is 22.3 Å². The molecule has 0 fully saturated rings. The number of aromatic nitrogens is 2. The number of hydrogen-bond acceptors (Lipinski definition) is 8. The van der Waals surface area contributed by atoms with Gasteiger partial charge < -0.3 is 4.42 Å². The molecule has 0 aliphatic carbocycles. The molecule has 0 bridgehead atoms. The monoisotopic (exact) mass is 468 g/mol. The molecule has 0 radical (unpaired) electrons. The minimum atomic E-state index is -0.879. The number of fused-ring (bicyclic) bond motifs is 2. The van der Waals surface area contributed by atoms with E-state index in [0.29, 0.717) is 22.1 Å². The van der Waals surface area contributed by atoms with Gasteiger partial charge >= 0.3 is 0 Å². The molecule has 160 valence electrons. The van der Waals surface area contributed by atoms with E-state index in [-0.39, 0.29) is 28.0 Å². The van der Waals surface area contributed by atoms with Gasteiger partial charge in [0.15, 0.2) is 5.43 Å². The number of nitro benzene ring substituents is 1. The van der Waals surface area contributed by atoms with E-state index in [4.69, 9.17) is 16.0 Å². The highest BCUT2D eigenvalue weighted by Gasteiger charge is 2.45. The normalized spacial score (nSPS) is 15.4. The number of anilines is 1. The van der Waals surface area contributed by atoms with Gasteiger partial charge in [0.25, 0.3) is 11.6 Å². The molecular formula is C21H13ClN4O5S. The lowest BCUT2D eigenvalue weighted by atomic mass is 9.98. The molecule has 1 amide bonds. The largest absolute Gasteiger partial charge is 0.450 e. The third-order valence-electron chi connectivity index (χ3n) is 5.22. The smallest absolute Gasteiger partial charge is 0.297 e. The highest BCUT2D eigenvalue weighted by atomic mass is 35.5. The highest BCUT2D eigenvalue weighted by molar-refractivity contribution is 7.15. The summed E-state index contributed by atoms with van der Waals surface area (Å²) in [4.78, 5) is 38.8. The van der Waals surface area contributed by atoms with E-state index in [2.05, 4.69) is 10.2 Å². The first kappa shape index (κ1) is 20.3. The third-order valence-corrected chi connectivity index (χ3v) is 6.52. The maximum absolute atomic E-state index is 13.5. The molecule has 1 atom stereocenters. The molecule has 11 heteroatoms. The summed E-state index contributed by atoms with van der Waals surface area (Å²) in [6.45, 7) is 1.92. The molecule has 0 unspecified atom stereocenters. The summed E-state index contributed by atoms with van der Waals surface area (Å²) in [6.07, 6.45) is 0.633. The van der Waals surface area contributed by atoms with Crippen molar-refractivity contribution in [2.75, 3.05) is 4.90 Å². The molecule has 4 aromatic rings. The van der Waals surface area contributed by atoms with Gasteiger partial charge in [-0.3, -0.25) is 24.6 Å². The van der Waals surface area contributed by atoms with Crippen LogP contribution >= 0.6 is 22.9 Å². The highest BCUT2D eigenvalue weighted by Crippen LogP contribution is 2.42. The van der Waals surface area contributed by atoms with Gasteiger partial charge in [-0.05, 0) is 42.3 Å². The van der Waals surface area contributed by atoms with Gasteiger partial charge in [0.05, 0.1) is 21.9 Å². The van der Waals surface area contributed by atoms with Crippen LogP contribution in [0, 0.1) is 10.1 Å². The Bertz CT molecular complexity index is 1460. The van der Waals surface area contributed by atoms with Gasteiger partial charge in [-0.15, -0.1) is 10.2 Å². The molecule has 9 nitrogen and oxygen atoms in total. The van der Waals surface area contributed by atoms with Crippen LogP contribution in [0.3, 0.4) is 0 Å². The van der Waals surface area contributed by atoms with Crippen LogP contribution in [0.4, 0.5) is 10.8 Å². The number of rotatable bonds is 4. The van der Waals surface area contributed by atoms with Crippen molar-refractivity contribution in [3.8, 4) is 0 Å². The number of carbonyl (C=O) groups excluding carboxylic acids is 1. The number of halogens is 1. The zero-order chi connectivity index (χ0) is 22.6. The number of nitro groups is 1. The summed E-state index contributed by atoms with van der Waals surface area (Å²) in [7, 11) is 0. The van der Waals surface area contributed by atoms with Crippen molar-refractivity contribution in [2.24, 2.45) is 0 Å². The number of hydrogen-bond donors (Lipinski definition) is 0. The Labute approximate surface area is 189 Å². The molecule has 3 heterocycles. The van der Waals surface area contributed by atoms with E-state index in [0.717, 1.165) is 5.01 Å². The molecular weight excluding hydrogens is 456 g/mol. The average molecular weight is 469 g/mol. The van der Waals surface area contributed by atoms with Crippen LogP contribution in [0.25, 0.3) is 11.0 Å². The molecule has 1 aliphatic heterocycles. The van der Waals surface area contributed by atoms with Crippen molar-refractivity contribution < 1.29 is 14.1 Å². The third kappa shape index (κ3) is 3.07. The quantitative estimate of drug-likeness (QED) is 0.319. The summed E-state index contributed by atoms with van der Waals surface area (Å²) < 4.78 is 5.85. The van der Waals surface area contributed by atoms with Gasteiger partial charge in [0.2, 0.25) is 10.9 Å². The summed E-state index contributed by atoms with van der Waals surface area (Å²) in [6, 6.07) is 9.40. The molecule has 2 aromatic heterocycles. The van der Waals surface area contributed by atoms with Crippen LogP contribution < -0.4 is 10.3 Å². The van der Waals surface area contributed by atoms with Crippen LogP contribution in [0.5, 0.6) is 0 Å². The van der Waals surface area contributed by atoms with Crippen molar-refractivity contribution >= 4 is 50.6 Å². The second kappa shape index (κ2) is 7.50. The lowest BCUT2D eigenvalue weighted by molar-refractivity contribution is -0.384. The first-order chi connectivity index (χ1) is 15.4. The second-order valence-electron chi connectivity index (χ2n) is 7.07. The Balaban J connectivity index is 1.77. The Morgan fingerprint density at radius 2 is 1.94 bits per heavy atom. The van der Waals surface area contributed by atoms with Crippen LogP contribution in [0.2, 0.25) is 5.02 Å². The number of non-ortho nitro benzene ring substituents is 1. The first-order valence-electron chi connectivity index (χ1n) is 9.55. The second-order valence-corrected chi connectivity index (χ2v) is 8.55. The molecule has 1 aliphatic rings. The number of benzene rings is 2. The zero-order valence-corrected chi connectivity index (χ0v) is 18.0. The van der Waals surface area contributed by atoms with Crippen molar-refractivity contribution in [3.05, 3.63) is 89.7 Å². The number of nitrogens with zero attached hydrogens (tertiary/aromatic N) is 4. The molecule has 32 heavy (non-hydrogen) atoms. The van der Waals surface area contributed by atoms with E-state index in [1.165, 1.54) is 52.6 Å². The molecule has 0 saturated heterocycles. The fourth-order valence-electron chi connectivity index (χ4n) is 3.72. The first-order valence-corrected chi connectivity index (χ1v) is 10.7. The van der Waals surface area contributed by atoms with Crippen molar-refractivity contribution in [1.82, 2.24) is 10.2 Å². The van der Waals surface area contributed by atoms with E-state index in [9.17, 15) is 19.7 Å². The molecule has 0 saturated carbocycles. The van der Waals surface area contributed by atoms with Gasteiger partial charge in [0, 0.05) is 17.2 Å². The Kier molecular flexibility index (Phi) is 4.75. The number of carbonyl (C=O) groups is 1. The van der Waals surface area contributed by atoms with Gasteiger partial charge in [-0.2, -0.15) is 0 Å². The summed E-state index contributed by atoms with van der Waals surface area (Å²) >= 11 is 7.31. The van der Waals surface area contributed by atoms with Crippen molar-refractivity contribution in [3.63, 3.8) is 0 Å². The zero-order valence-electron chi connectivity index (χ0n) is 16.4. The fourth-order valence-corrected chi connectivity index (χ4v) is 4.70. The fraction of sp³-hybridized carbons (Fsp3) is 0.143. The van der Waals surface area contributed by atoms with Crippen molar-refractivity contribution in [2.45, 2.75) is 19.4 Å². The van der Waals surface area contributed by atoms with Gasteiger partial charge in [0.1, 0.15) is 10.6 Å². The molecule has 0 spiro atoms. The SMILES string of the molecule is CCc1nnc(N2C(=O)c3oc4ccc(Cl)cc4c(=O)c3[C@@H]2c2ccc([N+](=O)[O-])cc2)s1. The van der Waals surface area contributed by atoms with E-state index >= 15 is 0 Å². The van der Waals surface area contributed by atoms with Crippen LogP contribution in [-0.4, -0.2) is 21.0 Å².